The second kappa shape index (κ2) is 8.55. The Hall–Kier alpha value is -3.12. The van der Waals surface area contributed by atoms with Gasteiger partial charge in [-0.25, -0.2) is 8.42 Å². The van der Waals surface area contributed by atoms with Gasteiger partial charge in [0.2, 0.25) is 5.91 Å². The Bertz CT molecular complexity index is 1170. The summed E-state index contributed by atoms with van der Waals surface area (Å²) in [5.41, 5.74) is 2.98. The number of nitrogens with one attached hydrogen (secondary N) is 2. The van der Waals surface area contributed by atoms with Crippen molar-refractivity contribution >= 4 is 21.6 Å². The molecule has 1 aliphatic rings. The molecule has 0 spiro atoms. The van der Waals surface area contributed by atoms with Gasteiger partial charge in [-0.3, -0.25) is 9.52 Å². The summed E-state index contributed by atoms with van der Waals surface area (Å²) in [5.74, 6) is 0.0384. The minimum atomic E-state index is -3.65. The third-order valence-corrected chi connectivity index (χ3v) is 7.10. The summed E-state index contributed by atoms with van der Waals surface area (Å²) < 4.78 is 27.8. The molecule has 2 N–H and O–H groups in total. The molecule has 0 heterocycles. The highest BCUT2D eigenvalue weighted by Crippen LogP contribution is 2.48. The Kier molecular flexibility index (Phi) is 5.83. The van der Waals surface area contributed by atoms with Crippen LogP contribution >= 0.6 is 0 Å². The summed E-state index contributed by atoms with van der Waals surface area (Å²) >= 11 is 0. The Morgan fingerprint density at radius 1 is 0.935 bits per heavy atom. The third kappa shape index (κ3) is 4.80. The van der Waals surface area contributed by atoms with E-state index in [0.29, 0.717) is 12.2 Å². The summed E-state index contributed by atoms with van der Waals surface area (Å²) in [4.78, 5) is 13.1. The zero-order chi connectivity index (χ0) is 21.9. The molecule has 1 amide bonds. The third-order valence-electron chi connectivity index (χ3n) is 5.72. The molecule has 3 aromatic carbocycles. The fourth-order valence-corrected chi connectivity index (χ4v) is 4.92. The van der Waals surface area contributed by atoms with Gasteiger partial charge in [0.1, 0.15) is 0 Å². The summed E-state index contributed by atoms with van der Waals surface area (Å²) in [6.07, 6.45) is 2.40. The Morgan fingerprint density at radius 3 is 2.29 bits per heavy atom. The molecular weight excluding hydrogens is 408 g/mol. The van der Waals surface area contributed by atoms with Gasteiger partial charge in [-0.1, -0.05) is 54.6 Å². The van der Waals surface area contributed by atoms with E-state index >= 15 is 0 Å². The van der Waals surface area contributed by atoms with Crippen LogP contribution in [0.2, 0.25) is 0 Å². The van der Waals surface area contributed by atoms with Gasteiger partial charge in [-0.2, -0.15) is 0 Å². The van der Waals surface area contributed by atoms with Crippen LogP contribution in [0.5, 0.6) is 0 Å². The van der Waals surface area contributed by atoms with Crippen molar-refractivity contribution in [2.24, 2.45) is 0 Å². The maximum atomic E-state index is 12.8. The fourth-order valence-electron chi connectivity index (χ4n) is 3.76. The maximum Gasteiger partial charge on any atom is 0.261 e. The highest BCUT2D eigenvalue weighted by atomic mass is 32.2. The summed E-state index contributed by atoms with van der Waals surface area (Å²) in [7, 11) is -3.65. The van der Waals surface area contributed by atoms with Crippen molar-refractivity contribution in [3.8, 4) is 0 Å². The van der Waals surface area contributed by atoms with E-state index in [1.54, 1.807) is 30.3 Å². The predicted molar refractivity (Wildman–Crippen MR) is 122 cm³/mol. The number of hydrogen-bond acceptors (Lipinski definition) is 3. The van der Waals surface area contributed by atoms with Gasteiger partial charge in [0.25, 0.3) is 10.0 Å². The lowest BCUT2D eigenvalue weighted by Crippen LogP contribution is -2.35. The predicted octanol–water partition coefficient (Wildman–Crippen LogP) is 4.19. The van der Waals surface area contributed by atoms with Crippen molar-refractivity contribution in [3.05, 3.63) is 95.6 Å². The molecule has 1 fully saturated rings. The van der Waals surface area contributed by atoms with E-state index < -0.39 is 15.4 Å². The number of anilines is 1. The first-order valence-corrected chi connectivity index (χ1v) is 11.9. The van der Waals surface area contributed by atoms with Gasteiger partial charge >= 0.3 is 0 Å². The van der Waals surface area contributed by atoms with Crippen LogP contribution in [0.1, 0.15) is 29.5 Å². The highest BCUT2D eigenvalue weighted by Gasteiger charge is 2.51. The molecule has 0 atom stereocenters. The first kappa shape index (κ1) is 21.1. The molecule has 0 unspecified atom stereocenters. The Balaban J connectivity index is 1.39. The van der Waals surface area contributed by atoms with E-state index in [1.165, 1.54) is 5.56 Å². The molecule has 5 nitrogen and oxygen atoms in total. The van der Waals surface area contributed by atoms with Gasteiger partial charge in [-0.05, 0) is 67.1 Å². The number of sulfonamides is 1. The number of hydrogen-bond donors (Lipinski definition) is 2. The molecule has 4 rings (SSSR count). The quantitative estimate of drug-likeness (QED) is 0.558. The summed E-state index contributed by atoms with van der Waals surface area (Å²) in [5, 5.41) is 3.06. The zero-order valence-corrected chi connectivity index (χ0v) is 18.3. The fraction of sp³-hybridized carbons (Fsp3) is 0.240. The van der Waals surface area contributed by atoms with Crippen molar-refractivity contribution in [1.29, 1.82) is 0 Å². The Labute approximate surface area is 183 Å². The number of benzene rings is 3. The number of amides is 1. The molecule has 0 bridgehead atoms. The molecule has 0 radical (unpaired) electrons. The average molecular weight is 435 g/mol. The molecule has 31 heavy (non-hydrogen) atoms. The van der Waals surface area contributed by atoms with Crippen LogP contribution < -0.4 is 10.0 Å². The van der Waals surface area contributed by atoms with Crippen LogP contribution in [0.4, 0.5) is 5.69 Å². The van der Waals surface area contributed by atoms with Gasteiger partial charge in [0.05, 0.1) is 10.3 Å². The normalized spacial score (nSPS) is 14.6. The minimum absolute atomic E-state index is 0.0384. The molecule has 1 saturated carbocycles. The van der Waals surface area contributed by atoms with E-state index in [2.05, 4.69) is 22.2 Å². The number of carbonyl (C=O) groups excluding carboxylic acids is 1. The maximum absolute atomic E-state index is 12.8. The molecule has 1 aliphatic carbocycles. The molecular formula is C25H26N2O3S. The largest absolute Gasteiger partial charge is 0.355 e. The van der Waals surface area contributed by atoms with Gasteiger partial charge in [0, 0.05) is 12.2 Å². The molecule has 0 aromatic heterocycles. The summed E-state index contributed by atoms with van der Waals surface area (Å²) in [6.45, 7) is 2.45. The molecule has 6 heteroatoms. The first-order chi connectivity index (χ1) is 14.9. The van der Waals surface area contributed by atoms with Crippen LogP contribution in [-0.4, -0.2) is 20.9 Å². The van der Waals surface area contributed by atoms with Crippen molar-refractivity contribution in [2.45, 2.75) is 36.5 Å². The Morgan fingerprint density at radius 2 is 1.65 bits per heavy atom. The van der Waals surface area contributed by atoms with Crippen LogP contribution in [0, 0.1) is 6.92 Å². The van der Waals surface area contributed by atoms with E-state index in [0.717, 1.165) is 30.4 Å². The van der Waals surface area contributed by atoms with E-state index in [9.17, 15) is 13.2 Å². The number of aryl methyl sites for hydroxylation is 1. The van der Waals surface area contributed by atoms with E-state index in [-0.39, 0.29) is 10.8 Å². The zero-order valence-electron chi connectivity index (χ0n) is 17.5. The van der Waals surface area contributed by atoms with E-state index in [4.69, 9.17) is 0 Å². The van der Waals surface area contributed by atoms with Gasteiger partial charge in [0.15, 0.2) is 0 Å². The van der Waals surface area contributed by atoms with Crippen molar-refractivity contribution in [3.63, 3.8) is 0 Å². The average Bonchev–Trinajstić information content (AvgIpc) is 3.57. The lowest BCUT2D eigenvalue weighted by Gasteiger charge is -2.17. The van der Waals surface area contributed by atoms with Crippen LogP contribution in [-0.2, 0) is 26.7 Å². The second-order valence-corrected chi connectivity index (χ2v) is 9.76. The monoisotopic (exact) mass is 434 g/mol. The first-order valence-electron chi connectivity index (χ1n) is 10.4. The van der Waals surface area contributed by atoms with Crippen molar-refractivity contribution in [2.75, 3.05) is 11.3 Å². The highest BCUT2D eigenvalue weighted by molar-refractivity contribution is 7.92. The standard InChI is InChI=1S/C25H26N2O3S/c1-19-6-5-9-23(18-19)31(29,30)27-22-12-10-21(11-13-22)25(15-16-25)24(28)26-17-14-20-7-3-2-4-8-20/h2-13,18,27H,14-17H2,1H3,(H,26,28). The topological polar surface area (TPSA) is 75.3 Å². The number of rotatable bonds is 8. The SMILES string of the molecule is Cc1cccc(S(=O)(=O)Nc2ccc(C3(C(=O)NCCc4ccccc4)CC3)cc2)c1. The smallest absolute Gasteiger partial charge is 0.261 e. The molecule has 160 valence electrons. The van der Waals surface area contributed by atoms with Crippen LogP contribution in [0.3, 0.4) is 0 Å². The molecule has 0 saturated heterocycles. The van der Waals surface area contributed by atoms with Crippen LogP contribution in [0.25, 0.3) is 0 Å². The minimum Gasteiger partial charge on any atom is -0.355 e. The van der Waals surface area contributed by atoms with Crippen molar-refractivity contribution in [1.82, 2.24) is 5.32 Å². The molecule has 3 aromatic rings. The van der Waals surface area contributed by atoms with Crippen LogP contribution in [0.15, 0.2) is 83.8 Å². The second-order valence-electron chi connectivity index (χ2n) is 8.07. The van der Waals surface area contributed by atoms with Gasteiger partial charge < -0.3 is 5.32 Å². The van der Waals surface area contributed by atoms with Crippen molar-refractivity contribution < 1.29 is 13.2 Å². The molecule has 0 aliphatic heterocycles. The number of carbonyl (C=O) groups is 1. The van der Waals surface area contributed by atoms with Gasteiger partial charge in [-0.15, -0.1) is 0 Å². The lowest BCUT2D eigenvalue weighted by atomic mass is 9.94. The summed E-state index contributed by atoms with van der Waals surface area (Å²) in [6, 6.07) is 24.0. The lowest BCUT2D eigenvalue weighted by molar-refractivity contribution is -0.123. The van der Waals surface area contributed by atoms with E-state index in [1.807, 2.05) is 43.3 Å².